The van der Waals surface area contributed by atoms with E-state index in [1.165, 1.54) is 6.42 Å². The van der Waals surface area contributed by atoms with Crippen LogP contribution in [-0.2, 0) is 13.0 Å². The van der Waals surface area contributed by atoms with Crippen LogP contribution in [0.2, 0.25) is 5.02 Å². The summed E-state index contributed by atoms with van der Waals surface area (Å²) in [6.45, 7) is 10.9. The summed E-state index contributed by atoms with van der Waals surface area (Å²) in [5, 5.41) is 0.635. The molecule has 0 N–H and O–H groups in total. The second kappa shape index (κ2) is 10.8. The van der Waals surface area contributed by atoms with Crippen molar-refractivity contribution in [3.63, 3.8) is 0 Å². The molecule has 34 heavy (non-hydrogen) atoms. The Labute approximate surface area is 207 Å². The molecule has 1 aromatic carbocycles. The number of hydrogen-bond donors (Lipinski definition) is 0. The molecule has 1 atom stereocenters. The third kappa shape index (κ3) is 5.76. The van der Waals surface area contributed by atoms with E-state index in [2.05, 4.69) is 28.7 Å². The third-order valence-electron chi connectivity index (χ3n) is 7.02. The van der Waals surface area contributed by atoms with Gasteiger partial charge in [0.2, 0.25) is 0 Å². The van der Waals surface area contributed by atoms with E-state index in [0.717, 1.165) is 68.8 Å². The molecule has 2 aliphatic heterocycles. The van der Waals surface area contributed by atoms with Crippen molar-refractivity contribution in [2.75, 3.05) is 32.7 Å². The summed E-state index contributed by atoms with van der Waals surface area (Å²) >= 11 is 6.46. The summed E-state index contributed by atoms with van der Waals surface area (Å²) in [6, 6.07) is 4.22. The third-order valence-corrected chi connectivity index (χ3v) is 7.24. The molecule has 0 saturated carbocycles. The first-order valence-corrected chi connectivity index (χ1v) is 12.6. The Kier molecular flexibility index (Phi) is 7.84. The Morgan fingerprint density at radius 2 is 1.68 bits per heavy atom. The fourth-order valence-corrected chi connectivity index (χ4v) is 5.19. The molecule has 0 aliphatic carbocycles. The average molecular weight is 484 g/mol. The first-order valence-electron chi connectivity index (χ1n) is 12.2. The Balaban J connectivity index is 1.41. The number of rotatable bonds is 5. The maximum atomic E-state index is 13.0. The van der Waals surface area contributed by atoms with E-state index in [-0.39, 0.29) is 24.3 Å². The zero-order chi connectivity index (χ0) is 24.2. The number of piperidine rings is 1. The Hall–Kier alpha value is -2.51. The van der Waals surface area contributed by atoms with Crippen molar-refractivity contribution in [3.8, 4) is 0 Å². The molecule has 0 bridgehead atoms. The zero-order valence-electron chi connectivity index (χ0n) is 20.4. The number of benzene rings is 1. The van der Waals surface area contributed by atoms with Gasteiger partial charge in [-0.25, -0.2) is 14.8 Å². The number of ketones is 1. The summed E-state index contributed by atoms with van der Waals surface area (Å²) in [5.74, 6) is 0.625. The van der Waals surface area contributed by atoms with Gasteiger partial charge in [-0.2, -0.15) is 0 Å². The summed E-state index contributed by atoms with van der Waals surface area (Å²) in [5.41, 5.74) is 3.65. The lowest BCUT2D eigenvalue weighted by molar-refractivity contribution is 0.0740. The van der Waals surface area contributed by atoms with E-state index in [9.17, 15) is 9.59 Å². The molecule has 0 radical (unpaired) electrons. The second-order valence-corrected chi connectivity index (χ2v) is 10.0. The van der Waals surface area contributed by atoms with Gasteiger partial charge in [-0.05, 0) is 68.9 Å². The standard InChI is InChI=1S/C26H34ClN5O2/c1-18-16-30(9-10-32(18)26(34)31-7-5-4-6-8-31)17-22-12-24(27)11-21(19(22)2)13-25(33)23-14-28-20(3)29-15-23/h11-12,14-15,18H,4-10,13,16-17H2,1-3H3/t18-/m0/s1. The highest BCUT2D eigenvalue weighted by molar-refractivity contribution is 6.30. The molecule has 0 spiro atoms. The van der Waals surface area contributed by atoms with Crippen LogP contribution in [0.1, 0.15) is 59.1 Å². The van der Waals surface area contributed by atoms with Gasteiger partial charge in [-0.15, -0.1) is 0 Å². The minimum absolute atomic E-state index is 0.0187. The molecule has 182 valence electrons. The van der Waals surface area contributed by atoms with Gasteiger partial charge in [0.1, 0.15) is 5.82 Å². The Bertz CT molecular complexity index is 1040. The molecule has 3 heterocycles. The van der Waals surface area contributed by atoms with Gasteiger partial charge in [0.05, 0.1) is 5.56 Å². The number of carbonyl (C=O) groups is 2. The molecular formula is C26H34ClN5O2. The number of carbonyl (C=O) groups excluding carboxylic acids is 2. The lowest BCUT2D eigenvalue weighted by Gasteiger charge is -2.42. The Morgan fingerprint density at radius 1 is 1.00 bits per heavy atom. The van der Waals surface area contributed by atoms with Crippen LogP contribution in [0.15, 0.2) is 24.5 Å². The minimum atomic E-state index is -0.0187. The minimum Gasteiger partial charge on any atom is -0.325 e. The van der Waals surface area contributed by atoms with Crippen molar-refractivity contribution < 1.29 is 9.59 Å². The number of nitrogens with zero attached hydrogens (tertiary/aromatic N) is 5. The van der Waals surface area contributed by atoms with E-state index in [4.69, 9.17) is 11.6 Å². The molecule has 2 saturated heterocycles. The highest BCUT2D eigenvalue weighted by Gasteiger charge is 2.31. The summed E-state index contributed by atoms with van der Waals surface area (Å²) in [6.07, 6.45) is 6.86. The van der Waals surface area contributed by atoms with E-state index in [1.807, 2.05) is 21.9 Å². The van der Waals surface area contributed by atoms with Crippen molar-refractivity contribution in [2.24, 2.45) is 0 Å². The van der Waals surface area contributed by atoms with Crippen molar-refractivity contribution >= 4 is 23.4 Å². The monoisotopic (exact) mass is 483 g/mol. The predicted octanol–water partition coefficient (Wildman–Crippen LogP) is 4.28. The highest BCUT2D eigenvalue weighted by Crippen LogP contribution is 2.25. The maximum Gasteiger partial charge on any atom is 0.320 e. The second-order valence-electron chi connectivity index (χ2n) is 9.58. The molecule has 8 heteroatoms. The van der Waals surface area contributed by atoms with Crippen LogP contribution in [0.3, 0.4) is 0 Å². The van der Waals surface area contributed by atoms with Crippen molar-refractivity contribution in [3.05, 3.63) is 57.6 Å². The van der Waals surface area contributed by atoms with Crippen LogP contribution >= 0.6 is 11.6 Å². The van der Waals surface area contributed by atoms with Gasteiger partial charge >= 0.3 is 6.03 Å². The number of amides is 2. The molecule has 1 aromatic heterocycles. The van der Waals surface area contributed by atoms with Crippen molar-refractivity contribution in [2.45, 2.75) is 59.0 Å². The molecular weight excluding hydrogens is 450 g/mol. The normalized spacial score (nSPS) is 19.4. The summed E-state index contributed by atoms with van der Waals surface area (Å²) in [7, 11) is 0. The van der Waals surface area contributed by atoms with Crippen LogP contribution in [-0.4, -0.2) is 75.2 Å². The number of hydrogen-bond acceptors (Lipinski definition) is 5. The number of urea groups is 1. The topological polar surface area (TPSA) is 69.6 Å². The lowest BCUT2D eigenvalue weighted by Crippen LogP contribution is -2.57. The molecule has 2 fully saturated rings. The molecule has 2 amide bonds. The zero-order valence-corrected chi connectivity index (χ0v) is 21.1. The molecule has 2 aromatic rings. The SMILES string of the molecule is Cc1ncc(C(=O)Cc2cc(Cl)cc(CN3CCN(C(=O)N4CCCCC4)[C@@H](C)C3)c2C)cn1. The van der Waals surface area contributed by atoms with Crippen LogP contribution < -0.4 is 0 Å². The summed E-state index contributed by atoms with van der Waals surface area (Å²) in [4.78, 5) is 40.5. The number of halogens is 1. The number of piperazine rings is 1. The number of aryl methyl sites for hydroxylation is 1. The van der Waals surface area contributed by atoms with Crippen LogP contribution in [0.25, 0.3) is 0 Å². The largest absolute Gasteiger partial charge is 0.325 e. The number of likely N-dealkylation sites (tertiary alicyclic amines) is 1. The average Bonchev–Trinajstić information content (AvgIpc) is 2.82. The van der Waals surface area contributed by atoms with Crippen LogP contribution in [0.4, 0.5) is 4.79 Å². The fourth-order valence-electron chi connectivity index (χ4n) is 4.93. The molecule has 4 rings (SSSR count). The summed E-state index contributed by atoms with van der Waals surface area (Å²) < 4.78 is 0. The van der Waals surface area contributed by atoms with E-state index in [1.54, 1.807) is 19.3 Å². The molecule has 2 aliphatic rings. The van der Waals surface area contributed by atoms with Gasteiger partial charge < -0.3 is 9.80 Å². The molecule has 7 nitrogen and oxygen atoms in total. The van der Waals surface area contributed by atoms with Gasteiger partial charge in [0.25, 0.3) is 0 Å². The van der Waals surface area contributed by atoms with Gasteiger partial charge in [0.15, 0.2) is 5.78 Å². The highest BCUT2D eigenvalue weighted by atomic mass is 35.5. The number of aromatic nitrogens is 2. The van der Waals surface area contributed by atoms with Crippen molar-refractivity contribution in [1.29, 1.82) is 0 Å². The van der Waals surface area contributed by atoms with Crippen LogP contribution in [0, 0.1) is 13.8 Å². The number of Topliss-reactive ketones (excluding diaryl/α,β-unsaturated/α-hetero) is 1. The van der Waals surface area contributed by atoms with E-state index >= 15 is 0 Å². The van der Waals surface area contributed by atoms with Gasteiger partial charge in [-0.3, -0.25) is 9.69 Å². The quantitative estimate of drug-likeness (QED) is 0.593. The van der Waals surface area contributed by atoms with E-state index in [0.29, 0.717) is 16.4 Å². The predicted molar refractivity (Wildman–Crippen MR) is 133 cm³/mol. The smallest absolute Gasteiger partial charge is 0.320 e. The van der Waals surface area contributed by atoms with Gasteiger partial charge in [-0.1, -0.05) is 11.6 Å². The van der Waals surface area contributed by atoms with Crippen LogP contribution in [0.5, 0.6) is 0 Å². The first kappa shape index (κ1) is 24.6. The van der Waals surface area contributed by atoms with E-state index < -0.39 is 0 Å². The van der Waals surface area contributed by atoms with Gasteiger partial charge in [0, 0.05) is 69.1 Å². The first-order chi connectivity index (χ1) is 16.3. The lowest BCUT2D eigenvalue weighted by atomic mass is 9.96. The fraction of sp³-hybridized carbons (Fsp3) is 0.538. The van der Waals surface area contributed by atoms with Crippen molar-refractivity contribution in [1.82, 2.24) is 24.7 Å². The maximum absolute atomic E-state index is 13.0. The Morgan fingerprint density at radius 3 is 2.35 bits per heavy atom. The molecule has 0 unspecified atom stereocenters.